The molecule has 0 spiro atoms. The summed E-state index contributed by atoms with van der Waals surface area (Å²) < 4.78 is 0. The second kappa shape index (κ2) is 5.60. The minimum absolute atomic E-state index is 0.661. The highest BCUT2D eigenvalue weighted by Crippen LogP contribution is 2.15. The van der Waals surface area contributed by atoms with Crippen molar-refractivity contribution in [1.82, 2.24) is 0 Å². The van der Waals surface area contributed by atoms with Gasteiger partial charge in [-0.1, -0.05) is 26.0 Å². The van der Waals surface area contributed by atoms with E-state index in [2.05, 4.69) is 45.6 Å². The quantitative estimate of drug-likeness (QED) is 0.470. The lowest BCUT2D eigenvalue weighted by atomic mass is 9.99. The monoisotopic (exact) mass is 156 g/mol. The standard InChI is InChI=1S/C9H16S/c1-4-8(3)9(5-2)6-7-10/h5-8,10H,4H2,1-3H3/b7-6-,9-5+. The highest BCUT2D eigenvalue weighted by molar-refractivity contribution is 7.83. The lowest BCUT2D eigenvalue weighted by Crippen LogP contribution is -1.93. The van der Waals surface area contributed by atoms with Crippen LogP contribution in [0.3, 0.4) is 0 Å². The van der Waals surface area contributed by atoms with Gasteiger partial charge in [0.1, 0.15) is 0 Å². The van der Waals surface area contributed by atoms with E-state index in [1.165, 1.54) is 12.0 Å². The lowest BCUT2D eigenvalue weighted by molar-refractivity contribution is 0.669. The molecule has 10 heavy (non-hydrogen) atoms. The molecule has 0 aliphatic rings. The van der Waals surface area contributed by atoms with Crippen molar-refractivity contribution in [1.29, 1.82) is 0 Å². The largest absolute Gasteiger partial charge is 0.151 e. The van der Waals surface area contributed by atoms with Crippen molar-refractivity contribution in [3.8, 4) is 0 Å². The van der Waals surface area contributed by atoms with E-state index in [4.69, 9.17) is 0 Å². The summed E-state index contributed by atoms with van der Waals surface area (Å²) in [5, 5.41) is 1.79. The summed E-state index contributed by atoms with van der Waals surface area (Å²) in [6.07, 6.45) is 5.38. The predicted molar refractivity (Wildman–Crippen MR) is 51.3 cm³/mol. The van der Waals surface area contributed by atoms with E-state index in [1.54, 1.807) is 5.41 Å². The molecule has 0 amide bonds. The molecular formula is C9H16S. The number of allylic oxidation sites excluding steroid dienone is 3. The molecule has 0 aliphatic heterocycles. The van der Waals surface area contributed by atoms with Gasteiger partial charge in [0.25, 0.3) is 0 Å². The number of hydrogen-bond donors (Lipinski definition) is 1. The Morgan fingerprint density at radius 1 is 1.60 bits per heavy atom. The third kappa shape index (κ3) is 3.11. The van der Waals surface area contributed by atoms with Gasteiger partial charge in [-0.15, -0.1) is 0 Å². The van der Waals surface area contributed by atoms with Gasteiger partial charge in [0.15, 0.2) is 0 Å². The average molecular weight is 156 g/mol. The minimum Gasteiger partial charge on any atom is -0.151 e. The molecule has 0 heterocycles. The summed E-state index contributed by atoms with van der Waals surface area (Å²) in [5.41, 5.74) is 1.37. The first-order chi connectivity index (χ1) is 4.76. The first-order valence-electron chi connectivity index (χ1n) is 3.73. The maximum Gasteiger partial charge on any atom is -0.0196 e. The molecule has 0 bridgehead atoms. The number of thiol groups is 1. The maximum atomic E-state index is 4.03. The molecule has 0 nitrogen and oxygen atoms in total. The average Bonchev–Trinajstić information content (AvgIpc) is 1.99. The van der Waals surface area contributed by atoms with Gasteiger partial charge in [-0.3, -0.25) is 0 Å². The Morgan fingerprint density at radius 2 is 2.20 bits per heavy atom. The summed E-state index contributed by atoms with van der Waals surface area (Å²) in [4.78, 5) is 0. The van der Waals surface area contributed by atoms with Crippen molar-refractivity contribution in [2.75, 3.05) is 0 Å². The minimum atomic E-state index is 0.661. The van der Waals surface area contributed by atoms with Crippen LogP contribution in [-0.4, -0.2) is 0 Å². The van der Waals surface area contributed by atoms with Crippen LogP contribution in [0.2, 0.25) is 0 Å². The van der Waals surface area contributed by atoms with Gasteiger partial charge >= 0.3 is 0 Å². The van der Waals surface area contributed by atoms with Gasteiger partial charge in [0.2, 0.25) is 0 Å². The van der Waals surface area contributed by atoms with Crippen LogP contribution in [0.5, 0.6) is 0 Å². The molecule has 0 aromatic rings. The molecule has 58 valence electrons. The zero-order valence-electron chi connectivity index (χ0n) is 6.96. The van der Waals surface area contributed by atoms with Crippen LogP contribution in [0.1, 0.15) is 27.2 Å². The molecular weight excluding hydrogens is 140 g/mol. The van der Waals surface area contributed by atoms with E-state index in [9.17, 15) is 0 Å². The molecule has 1 atom stereocenters. The van der Waals surface area contributed by atoms with Gasteiger partial charge in [-0.25, -0.2) is 0 Å². The molecule has 0 aromatic carbocycles. The van der Waals surface area contributed by atoms with Crippen LogP contribution < -0.4 is 0 Å². The van der Waals surface area contributed by atoms with Crippen LogP contribution >= 0.6 is 12.6 Å². The molecule has 1 heteroatoms. The van der Waals surface area contributed by atoms with Crippen LogP contribution in [-0.2, 0) is 0 Å². The van der Waals surface area contributed by atoms with Gasteiger partial charge in [0, 0.05) is 0 Å². The van der Waals surface area contributed by atoms with E-state index >= 15 is 0 Å². The van der Waals surface area contributed by atoms with Crippen molar-refractivity contribution in [2.45, 2.75) is 27.2 Å². The van der Waals surface area contributed by atoms with Crippen LogP contribution in [0.25, 0.3) is 0 Å². The molecule has 0 saturated carbocycles. The summed E-state index contributed by atoms with van der Waals surface area (Å²) >= 11 is 4.03. The number of hydrogen-bond acceptors (Lipinski definition) is 1. The summed E-state index contributed by atoms with van der Waals surface area (Å²) in [6.45, 7) is 6.49. The fourth-order valence-corrected chi connectivity index (χ4v) is 1.04. The highest BCUT2D eigenvalue weighted by Gasteiger charge is 1.99. The molecule has 0 radical (unpaired) electrons. The van der Waals surface area contributed by atoms with Gasteiger partial charge < -0.3 is 0 Å². The molecule has 0 aliphatic carbocycles. The van der Waals surface area contributed by atoms with Gasteiger partial charge in [-0.2, -0.15) is 12.6 Å². The molecule has 0 fully saturated rings. The highest BCUT2D eigenvalue weighted by atomic mass is 32.1. The van der Waals surface area contributed by atoms with Crippen molar-refractivity contribution in [2.24, 2.45) is 5.92 Å². The summed E-state index contributed by atoms with van der Waals surface area (Å²) in [5.74, 6) is 0.661. The first kappa shape index (κ1) is 9.83. The van der Waals surface area contributed by atoms with Crippen LogP contribution in [0.4, 0.5) is 0 Å². The molecule has 0 aromatic heterocycles. The fourth-order valence-electron chi connectivity index (χ4n) is 0.867. The van der Waals surface area contributed by atoms with Crippen molar-refractivity contribution in [3.05, 3.63) is 23.1 Å². The molecule has 0 saturated heterocycles. The van der Waals surface area contributed by atoms with E-state index in [0.717, 1.165) is 0 Å². The third-order valence-corrected chi connectivity index (χ3v) is 1.93. The Bertz CT molecular complexity index is 134. The molecule has 0 N–H and O–H groups in total. The second-order valence-corrected chi connectivity index (χ2v) is 2.71. The van der Waals surface area contributed by atoms with Crippen LogP contribution in [0, 0.1) is 5.92 Å². The van der Waals surface area contributed by atoms with Crippen molar-refractivity contribution in [3.63, 3.8) is 0 Å². The smallest absolute Gasteiger partial charge is 0.0196 e. The van der Waals surface area contributed by atoms with E-state index in [1.807, 2.05) is 0 Å². The predicted octanol–water partition coefficient (Wildman–Crippen LogP) is 3.42. The van der Waals surface area contributed by atoms with Crippen molar-refractivity contribution >= 4 is 12.6 Å². The maximum absolute atomic E-state index is 4.03. The van der Waals surface area contributed by atoms with Crippen molar-refractivity contribution < 1.29 is 0 Å². The van der Waals surface area contributed by atoms with Gasteiger partial charge in [-0.05, 0) is 30.2 Å². The topological polar surface area (TPSA) is 0 Å². The van der Waals surface area contributed by atoms with E-state index in [0.29, 0.717) is 5.92 Å². The number of rotatable bonds is 3. The Morgan fingerprint density at radius 3 is 2.50 bits per heavy atom. The Hall–Kier alpha value is -0.170. The Kier molecular flexibility index (Phi) is 5.51. The molecule has 1 unspecified atom stereocenters. The zero-order chi connectivity index (χ0) is 7.98. The molecule has 0 rings (SSSR count). The Balaban J connectivity index is 4.08. The SMILES string of the molecule is C/C=C(\C=C/S)C(C)CC. The second-order valence-electron chi connectivity index (χ2n) is 2.41. The fraction of sp³-hybridized carbons (Fsp3) is 0.556. The first-order valence-corrected chi connectivity index (χ1v) is 4.24. The lowest BCUT2D eigenvalue weighted by Gasteiger charge is -2.07. The van der Waals surface area contributed by atoms with Crippen LogP contribution in [0.15, 0.2) is 23.1 Å². The van der Waals surface area contributed by atoms with Gasteiger partial charge in [0.05, 0.1) is 0 Å². The Labute approximate surface area is 69.4 Å². The zero-order valence-corrected chi connectivity index (χ0v) is 7.86. The van der Waals surface area contributed by atoms with E-state index in [-0.39, 0.29) is 0 Å². The van der Waals surface area contributed by atoms with E-state index < -0.39 is 0 Å². The summed E-state index contributed by atoms with van der Waals surface area (Å²) in [6, 6.07) is 0. The third-order valence-electron chi connectivity index (χ3n) is 1.78. The normalized spacial score (nSPS) is 16.2. The summed E-state index contributed by atoms with van der Waals surface area (Å²) in [7, 11) is 0.